The average molecular weight is 530 g/mol. The molecule has 0 saturated heterocycles. The summed E-state index contributed by atoms with van der Waals surface area (Å²) in [6.07, 6.45) is 2.57. The molecule has 1 aliphatic heterocycles. The van der Waals surface area contributed by atoms with E-state index in [-0.39, 0.29) is 24.6 Å². The summed E-state index contributed by atoms with van der Waals surface area (Å²) in [4.78, 5) is 12.9. The minimum Gasteiger partial charge on any atom is -0.454 e. The van der Waals surface area contributed by atoms with Gasteiger partial charge in [0.1, 0.15) is 0 Å². The molecule has 3 aromatic carbocycles. The van der Waals surface area contributed by atoms with E-state index in [1.807, 2.05) is 30.3 Å². The van der Waals surface area contributed by atoms with Crippen molar-refractivity contribution in [2.24, 2.45) is 5.10 Å². The highest BCUT2D eigenvalue weighted by Gasteiger charge is 2.23. The monoisotopic (exact) mass is 529 g/mol. The van der Waals surface area contributed by atoms with E-state index in [4.69, 9.17) is 9.47 Å². The smallest absolute Gasteiger partial charge is 0.273 e. The van der Waals surface area contributed by atoms with Crippen molar-refractivity contribution in [3.8, 4) is 11.5 Å². The standard InChI is InChI=1S/C23H20BrN3O5S/c1-33(29,30)27(14-16-7-3-2-4-8-16)20-10-6-5-9-18(20)23(28)26-25-13-17-11-21-22(12-19(17)24)32-15-31-21/h2-13H,14-15H2,1H3,(H,26,28). The molecule has 4 rings (SSSR count). The number of para-hydroxylation sites is 1. The van der Waals surface area contributed by atoms with E-state index in [1.54, 1.807) is 36.4 Å². The Morgan fingerprint density at radius 1 is 1.09 bits per heavy atom. The normalized spacial score (nSPS) is 12.7. The quantitative estimate of drug-likeness (QED) is 0.369. The Balaban J connectivity index is 1.57. The van der Waals surface area contributed by atoms with Crippen LogP contribution in [0.5, 0.6) is 11.5 Å². The van der Waals surface area contributed by atoms with Gasteiger partial charge in [-0.25, -0.2) is 13.8 Å². The third kappa shape index (κ3) is 5.35. The molecule has 0 saturated carbocycles. The molecule has 0 unspecified atom stereocenters. The van der Waals surface area contributed by atoms with Crippen molar-refractivity contribution in [1.29, 1.82) is 0 Å². The van der Waals surface area contributed by atoms with Crippen LogP contribution in [0.2, 0.25) is 0 Å². The summed E-state index contributed by atoms with van der Waals surface area (Å²) in [6, 6.07) is 19.2. The van der Waals surface area contributed by atoms with E-state index in [0.29, 0.717) is 17.1 Å². The molecular formula is C23H20BrN3O5S. The molecule has 0 aliphatic carbocycles. The number of benzene rings is 3. The van der Waals surface area contributed by atoms with Crippen molar-refractivity contribution in [2.75, 3.05) is 17.4 Å². The van der Waals surface area contributed by atoms with Crippen molar-refractivity contribution in [3.63, 3.8) is 0 Å². The first-order chi connectivity index (χ1) is 15.8. The second kappa shape index (κ2) is 9.63. The number of hydrogen-bond acceptors (Lipinski definition) is 6. The molecule has 33 heavy (non-hydrogen) atoms. The molecule has 1 N–H and O–H groups in total. The Kier molecular flexibility index (Phi) is 6.66. The second-order valence-electron chi connectivity index (χ2n) is 7.20. The molecule has 3 aromatic rings. The molecule has 0 radical (unpaired) electrons. The van der Waals surface area contributed by atoms with Crippen LogP contribution in [-0.2, 0) is 16.6 Å². The third-order valence-corrected chi connectivity index (χ3v) is 6.66. The maximum atomic E-state index is 12.9. The van der Waals surface area contributed by atoms with Crippen LogP contribution in [0.4, 0.5) is 5.69 Å². The summed E-state index contributed by atoms with van der Waals surface area (Å²) in [5.74, 6) is 0.665. The number of sulfonamides is 1. The number of nitrogens with one attached hydrogen (secondary N) is 1. The number of amides is 1. The van der Waals surface area contributed by atoms with Crippen LogP contribution < -0.4 is 19.2 Å². The number of fused-ring (bicyclic) bond motifs is 1. The van der Waals surface area contributed by atoms with Gasteiger partial charge in [-0.1, -0.05) is 42.5 Å². The number of carbonyl (C=O) groups is 1. The highest BCUT2D eigenvalue weighted by atomic mass is 79.9. The SMILES string of the molecule is CS(=O)(=O)N(Cc1ccccc1)c1ccccc1C(=O)NN=Cc1cc2c(cc1Br)OCO2. The molecule has 170 valence electrons. The van der Waals surface area contributed by atoms with E-state index in [1.165, 1.54) is 10.5 Å². The summed E-state index contributed by atoms with van der Waals surface area (Å²) < 4.78 is 37.8. The van der Waals surface area contributed by atoms with Crippen LogP contribution in [-0.4, -0.2) is 33.6 Å². The predicted octanol–water partition coefficient (Wildman–Crippen LogP) is 3.91. The lowest BCUT2D eigenvalue weighted by atomic mass is 10.1. The maximum Gasteiger partial charge on any atom is 0.273 e. The van der Waals surface area contributed by atoms with Gasteiger partial charge in [0.25, 0.3) is 5.91 Å². The van der Waals surface area contributed by atoms with Crippen LogP contribution >= 0.6 is 15.9 Å². The first-order valence-corrected chi connectivity index (χ1v) is 12.5. The highest BCUT2D eigenvalue weighted by molar-refractivity contribution is 9.10. The van der Waals surface area contributed by atoms with Crippen molar-refractivity contribution in [2.45, 2.75) is 6.54 Å². The first kappa shape index (κ1) is 22.8. The predicted molar refractivity (Wildman–Crippen MR) is 129 cm³/mol. The van der Waals surface area contributed by atoms with Crippen molar-refractivity contribution in [3.05, 3.63) is 87.9 Å². The lowest BCUT2D eigenvalue weighted by Gasteiger charge is -2.24. The van der Waals surface area contributed by atoms with Crippen molar-refractivity contribution >= 4 is 43.8 Å². The maximum absolute atomic E-state index is 12.9. The Morgan fingerprint density at radius 3 is 2.48 bits per heavy atom. The van der Waals surface area contributed by atoms with Crippen LogP contribution in [0.25, 0.3) is 0 Å². The van der Waals surface area contributed by atoms with Gasteiger partial charge in [-0.05, 0) is 45.8 Å². The summed E-state index contributed by atoms with van der Waals surface area (Å²) in [5.41, 5.74) is 4.39. The molecule has 1 heterocycles. The van der Waals surface area contributed by atoms with Gasteiger partial charge >= 0.3 is 0 Å². The Morgan fingerprint density at radius 2 is 1.76 bits per heavy atom. The topological polar surface area (TPSA) is 97.3 Å². The molecule has 0 fully saturated rings. The zero-order valence-electron chi connectivity index (χ0n) is 17.6. The lowest BCUT2D eigenvalue weighted by molar-refractivity contribution is 0.0955. The van der Waals surface area contributed by atoms with Gasteiger partial charge in [-0.15, -0.1) is 0 Å². The number of hydrazone groups is 1. The zero-order chi connectivity index (χ0) is 23.4. The number of ether oxygens (including phenoxy) is 2. The van der Waals surface area contributed by atoms with Gasteiger partial charge in [0.05, 0.1) is 30.3 Å². The minimum absolute atomic E-state index is 0.0946. The number of hydrogen-bond donors (Lipinski definition) is 1. The van der Waals surface area contributed by atoms with Gasteiger partial charge in [0, 0.05) is 10.0 Å². The van der Waals surface area contributed by atoms with E-state index < -0.39 is 15.9 Å². The fraction of sp³-hybridized carbons (Fsp3) is 0.130. The Labute approximate surface area is 200 Å². The van der Waals surface area contributed by atoms with Gasteiger partial charge in [0.15, 0.2) is 11.5 Å². The molecule has 0 aromatic heterocycles. The lowest BCUT2D eigenvalue weighted by Crippen LogP contribution is -2.32. The first-order valence-electron chi connectivity index (χ1n) is 9.86. The molecule has 10 heteroatoms. The van der Waals surface area contributed by atoms with Crippen LogP contribution in [0, 0.1) is 0 Å². The number of carbonyl (C=O) groups excluding carboxylic acids is 1. The second-order valence-corrected chi connectivity index (χ2v) is 9.96. The summed E-state index contributed by atoms with van der Waals surface area (Å²) in [7, 11) is -3.66. The molecule has 8 nitrogen and oxygen atoms in total. The van der Waals surface area contributed by atoms with Gasteiger partial charge in [-0.3, -0.25) is 9.10 Å². The summed E-state index contributed by atoms with van der Waals surface area (Å²) >= 11 is 3.43. The minimum atomic E-state index is -3.66. The van der Waals surface area contributed by atoms with Gasteiger partial charge in [-0.2, -0.15) is 5.10 Å². The number of anilines is 1. The largest absolute Gasteiger partial charge is 0.454 e. The Bertz CT molecular complexity index is 1310. The molecule has 0 spiro atoms. The molecule has 0 atom stereocenters. The van der Waals surface area contributed by atoms with Gasteiger partial charge < -0.3 is 9.47 Å². The van der Waals surface area contributed by atoms with E-state index in [0.717, 1.165) is 16.3 Å². The van der Waals surface area contributed by atoms with Gasteiger partial charge in [0.2, 0.25) is 16.8 Å². The Hall–Kier alpha value is -3.37. The molecule has 1 amide bonds. The fourth-order valence-corrected chi connectivity index (χ4v) is 4.59. The summed E-state index contributed by atoms with van der Waals surface area (Å²) in [6.45, 7) is 0.243. The van der Waals surface area contributed by atoms with Crippen molar-refractivity contribution in [1.82, 2.24) is 5.43 Å². The number of halogens is 1. The highest BCUT2D eigenvalue weighted by Crippen LogP contribution is 2.36. The van der Waals surface area contributed by atoms with Crippen molar-refractivity contribution < 1.29 is 22.7 Å². The molecular weight excluding hydrogens is 510 g/mol. The van der Waals surface area contributed by atoms with E-state index in [2.05, 4.69) is 26.5 Å². The molecule has 0 bridgehead atoms. The van der Waals surface area contributed by atoms with E-state index >= 15 is 0 Å². The van der Waals surface area contributed by atoms with Crippen LogP contribution in [0.1, 0.15) is 21.5 Å². The van der Waals surface area contributed by atoms with Crippen LogP contribution in [0.3, 0.4) is 0 Å². The third-order valence-electron chi connectivity index (χ3n) is 4.85. The average Bonchev–Trinajstić information content (AvgIpc) is 3.24. The van der Waals surface area contributed by atoms with Crippen LogP contribution in [0.15, 0.2) is 76.3 Å². The number of nitrogens with zero attached hydrogens (tertiary/aromatic N) is 2. The molecule has 1 aliphatic rings. The zero-order valence-corrected chi connectivity index (χ0v) is 20.0. The fourth-order valence-electron chi connectivity index (χ4n) is 3.27. The summed E-state index contributed by atoms with van der Waals surface area (Å²) in [5, 5.41) is 4.03. The van der Waals surface area contributed by atoms with E-state index in [9.17, 15) is 13.2 Å². The number of rotatable bonds is 7.